The fourth-order valence-corrected chi connectivity index (χ4v) is 10.9. The third-order valence-electron chi connectivity index (χ3n) is 12.8. The lowest BCUT2D eigenvalue weighted by Gasteiger charge is -2.29. The summed E-state index contributed by atoms with van der Waals surface area (Å²) in [6.07, 6.45) is 0. The number of anilines is 3. The predicted molar refractivity (Wildman–Crippen MR) is 272 cm³/mol. The van der Waals surface area contributed by atoms with Crippen LogP contribution in [-0.4, -0.2) is 4.57 Å². The third-order valence-corrected chi connectivity index (χ3v) is 13.9. The van der Waals surface area contributed by atoms with Gasteiger partial charge in [-0.05, 0) is 148 Å². The van der Waals surface area contributed by atoms with Crippen molar-refractivity contribution in [2.75, 3.05) is 4.90 Å². The van der Waals surface area contributed by atoms with E-state index in [2.05, 4.69) is 242 Å². The molecule has 12 rings (SSSR count). The maximum atomic E-state index is 2.44. The molecule has 0 aliphatic carbocycles. The summed E-state index contributed by atoms with van der Waals surface area (Å²) in [6.45, 7) is 4.52. The molecule has 0 aliphatic rings. The molecule has 3 heteroatoms. The molecule has 2 aromatic heterocycles. The second-order valence-corrected chi connectivity index (χ2v) is 17.8. The van der Waals surface area contributed by atoms with Gasteiger partial charge in [-0.15, -0.1) is 11.3 Å². The maximum Gasteiger partial charge on any atom is 0.0541 e. The fourth-order valence-electron chi connectivity index (χ4n) is 9.79. The van der Waals surface area contributed by atoms with Gasteiger partial charge in [0.1, 0.15) is 0 Å². The van der Waals surface area contributed by atoms with E-state index in [0.717, 1.165) is 17.1 Å². The lowest BCUT2D eigenvalue weighted by molar-refractivity contribution is 1.18. The van der Waals surface area contributed by atoms with Crippen molar-refractivity contribution < 1.29 is 0 Å². The van der Waals surface area contributed by atoms with Crippen LogP contribution in [0.15, 0.2) is 218 Å². The SMILES string of the molecule is Cc1cc(-c2cccc(-n3c4ccccc4c4ccccc43)c2)cc(C)c1N(c1ccc(-c2ccc3ccccc3c2)cc1)c1ccc(-c2ccc3c(c2)sc2ccccc23)cc1. The summed E-state index contributed by atoms with van der Waals surface area (Å²) >= 11 is 1.87. The first-order valence-corrected chi connectivity index (χ1v) is 22.5. The molecule has 0 unspecified atom stereocenters. The Morgan fingerprint density at radius 2 is 0.873 bits per heavy atom. The van der Waals surface area contributed by atoms with Gasteiger partial charge in [-0.3, -0.25) is 0 Å². The van der Waals surface area contributed by atoms with Crippen LogP contribution < -0.4 is 4.90 Å². The zero-order chi connectivity index (χ0) is 42.0. The molecule has 0 amide bonds. The minimum atomic E-state index is 1.12. The molecule has 0 aliphatic heterocycles. The minimum absolute atomic E-state index is 1.12. The van der Waals surface area contributed by atoms with Crippen molar-refractivity contribution in [2.45, 2.75) is 13.8 Å². The van der Waals surface area contributed by atoms with Gasteiger partial charge < -0.3 is 9.47 Å². The number of aryl methyl sites for hydroxylation is 2. The van der Waals surface area contributed by atoms with Crippen LogP contribution in [-0.2, 0) is 0 Å². The molecular formula is C60H42N2S. The number of aromatic nitrogens is 1. The summed E-state index contributed by atoms with van der Waals surface area (Å²) in [6, 6.07) is 80.3. The second-order valence-electron chi connectivity index (χ2n) is 16.7. The van der Waals surface area contributed by atoms with Crippen molar-refractivity contribution in [2.24, 2.45) is 0 Å². The predicted octanol–water partition coefficient (Wildman–Crippen LogP) is 17.4. The molecule has 0 saturated heterocycles. The number of nitrogens with zero attached hydrogens (tertiary/aromatic N) is 2. The lowest BCUT2D eigenvalue weighted by atomic mass is 9.96. The van der Waals surface area contributed by atoms with E-state index in [4.69, 9.17) is 0 Å². The van der Waals surface area contributed by atoms with Crippen LogP contribution >= 0.6 is 11.3 Å². The normalized spacial score (nSPS) is 11.7. The molecule has 0 atom stereocenters. The molecule has 0 saturated carbocycles. The summed E-state index contributed by atoms with van der Waals surface area (Å²) in [5.41, 5.74) is 16.7. The number of para-hydroxylation sites is 2. The van der Waals surface area contributed by atoms with Gasteiger partial charge in [0, 0.05) is 48.0 Å². The summed E-state index contributed by atoms with van der Waals surface area (Å²) < 4.78 is 5.04. The Hall–Kier alpha value is -7.72. The number of benzene rings is 10. The van der Waals surface area contributed by atoms with Crippen molar-refractivity contribution in [1.82, 2.24) is 4.57 Å². The van der Waals surface area contributed by atoms with E-state index in [9.17, 15) is 0 Å². The first-order valence-electron chi connectivity index (χ1n) is 21.7. The van der Waals surface area contributed by atoms with Crippen LogP contribution in [0.4, 0.5) is 17.1 Å². The number of rotatable bonds is 7. The molecule has 0 bridgehead atoms. The molecule has 0 fully saturated rings. The van der Waals surface area contributed by atoms with Crippen LogP contribution in [0.2, 0.25) is 0 Å². The highest BCUT2D eigenvalue weighted by molar-refractivity contribution is 7.25. The van der Waals surface area contributed by atoms with Gasteiger partial charge >= 0.3 is 0 Å². The standard InChI is InChI=1S/C60H42N2S/c1-39-34-48(45-14-11-15-51(37-45)62-56-19-8-5-16-52(56)53-17-6-9-20-57(53)62)35-40(2)60(39)61(49-29-24-42(25-30-49)46-23-22-41-12-3-4-13-44(41)36-46)50-31-26-43(27-32-50)47-28-33-55-54-18-7-10-21-58(54)63-59(55)38-47/h3-38H,1-2H3. The number of fused-ring (bicyclic) bond motifs is 7. The largest absolute Gasteiger partial charge is 0.310 e. The van der Waals surface area contributed by atoms with E-state index in [-0.39, 0.29) is 0 Å². The molecule has 2 nitrogen and oxygen atoms in total. The quantitative estimate of drug-likeness (QED) is 0.155. The summed E-state index contributed by atoms with van der Waals surface area (Å²) in [5.74, 6) is 0. The summed E-state index contributed by atoms with van der Waals surface area (Å²) in [4.78, 5) is 2.44. The van der Waals surface area contributed by atoms with Gasteiger partial charge in [0.2, 0.25) is 0 Å². The molecule has 63 heavy (non-hydrogen) atoms. The van der Waals surface area contributed by atoms with E-state index in [1.165, 1.54) is 103 Å². The zero-order valence-corrected chi connectivity index (χ0v) is 35.9. The van der Waals surface area contributed by atoms with Crippen LogP contribution in [0.25, 0.3) is 91.8 Å². The highest BCUT2D eigenvalue weighted by Crippen LogP contribution is 2.43. The van der Waals surface area contributed by atoms with Gasteiger partial charge in [0.15, 0.2) is 0 Å². The van der Waals surface area contributed by atoms with Crippen LogP contribution in [0.3, 0.4) is 0 Å². The van der Waals surface area contributed by atoms with E-state index >= 15 is 0 Å². The molecule has 298 valence electrons. The van der Waals surface area contributed by atoms with Crippen LogP contribution in [0.5, 0.6) is 0 Å². The second kappa shape index (κ2) is 15.0. The van der Waals surface area contributed by atoms with Crippen LogP contribution in [0.1, 0.15) is 11.1 Å². The molecule has 12 aromatic rings. The van der Waals surface area contributed by atoms with Crippen molar-refractivity contribution >= 4 is 81.1 Å². The average molecular weight is 823 g/mol. The van der Waals surface area contributed by atoms with E-state index in [0.29, 0.717) is 0 Å². The Morgan fingerprint density at radius 3 is 1.56 bits per heavy atom. The summed E-state index contributed by atoms with van der Waals surface area (Å²) in [5, 5.41) is 7.69. The van der Waals surface area contributed by atoms with Crippen molar-refractivity contribution in [3.8, 4) is 39.1 Å². The monoisotopic (exact) mass is 822 g/mol. The van der Waals surface area contributed by atoms with Gasteiger partial charge in [0.25, 0.3) is 0 Å². The Bertz CT molecular complexity index is 3630. The van der Waals surface area contributed by atoms with E-state index in [1.54, 1.807) is 0 Å². The zero-order valence-electron chi connectivity index (χ0n) is 35.1. The van der Waals surface area contributed by atoms with Crippen molar-refractivity contribution in [1.29, 1.82) is 0 Å². The number of thiophene rings is 1. The van der Waals surface area contributed by atoms with E-state index < -0.39 is 0 Å². The molecule has 2 heterocycles. The van der Waals surface area contributed by atoms with Gasteiger partial charge in [-0.25, -0.2) is 0 Å². The molecule has 0 spiro atoms. The van der Waals surface area contributed by atoms with Crippen molar-refractivity contribution in [3.05, 3.63) is 230 Å². The third kappa shape index (κ3) is 6.40. The molecule has 10 aromatic carbocycles. The Kier molecular flexibility index (Phi) is 8.84. The number of hydrogen-bond donors (Lipinski definition) is 0. The smallest absolute Gasteiger partial charge is 0.0541 e. The fraction of sp³-hybridized carbons (Fsp3) is 0.0333. The Labute approximate surface area is 371 Å². The summed E-state index contributed by atoms with van der Waals surface area (Å²) in [7, 11) is 0. The first kappa shape index (κ1) is 37.1. The first-order chi connectivity index (χ1) is 31.0. The Morgan fingerprint density at radius 1 is 0.349 bits per heavy atom. The average Bonchev–Trinajstić information content (AvgIpc) is 3.88. The highest BCUT2D eigenvalue weighted by Gasteiger charge is 2.20. The molecule has 0 N–H and O–H groups in total. The minimum Gasteiger partial charge on any atom is -0.310 e. The molecule has 0 radical (unpaired) electrons. The maximum absolute atomic E-state index is 2.44. The van der Waals surface area contributed by atoms with Crippen LogP contribution in [0, 0.1) is 13.8 Å². The van der Waals surface area contributed by atoms with Crippen molar-refractivity contribution in [3.63, 3.8) is 0 Å². The highest BCUT2D eigenvalue weighted by atomic mass is 32.1. The Balaban J connectivity index is 0.945. The van der Waals surface area contributed by atoms with Gasteiger partial charge in [-0.2, -0.15) is 0 Å². The topological polar surface area (TPSA) is 8.17 Å². The van der Waals surface area contributed by atoms with E-state index in [1.807, 2.05) is 11.3 Å². The number of hydrogen-bond acceptors (Lipinski definition) is 2. The van der Waals surface area contributed by atoms with Gasteiger partial charge in [0.05, 0.1) is 16.7 Å². The van der Waals surface area contributed by atoms with Gasteiger partial charge in [-0.1, -0.05) is 140 Å². The lowest BCUT2D eigenvalue weighted by Crippen LogP contribution is -2.13. The molecular weight excluding hydrogens is 781 g/mol.